The molecule has 1 aromatic heterocycles. The molecule has 0 atom stereocenters. The number of phenolic OH excluding ortho intramolecular Hbond substituents is 1. The van der Waals surface area contributed by atoms with Crippen LogP contribution in [0, 0.1) is 6.92 Å². The van der Waals surface area contributed by atoms with E-state index >= 15 is 0 Å². The van der Waals surface area contributed by atoms with Crippen molar-refractivity contribution in [3.8, 4) is 5.75 Å². The number of nitrogens with one attached hydrogen (secondary N) is 2. The summed E-state index contributed by atoms with van der Waals surface area (Å²) < 4.78 is 5.03. The van der Waals surface area contributed by atoms with E-state index in [0.29, 0.717) is 11.4 Å². The summed E-state index contributed by atoms with van der Waals surface area (Å²) >= 11 is 0. The molecule has 0 aliphatic rings. The Bertz CT molecular complexity index is 917. The van der Waals surface area contributed by atoms with Gasteiger partial charge in [-0.15, -0.1) is 0 Å². The van der Waals surface area contributed by atoms with Crippen LogP contribution in [0.15, 0.2) is 65.3 Å². The summed E-state index contributed by atoms with van der Waals surface area (Å²) in [4.78, 5) is 24.3. The third-order valence-corrected chi connectivity index (χ3v) is 3.52. The second-order valence-corrected chi connectivity index (χ2v) is 5.49. The Morgan fingerprint density at radius 2 is 1.64 bits per heavy atom. The largest absolute Gasteiger partial charge is 0.507 e. The molecule has 0 fully saturated rings. The van der Waals surface area contributed by atoms with Crippen LogP contribution in [0.5, 0.6) is 5.75 Å². The number of benzene rings is 2. The zero-order valence-corrected chi connectivity index (χ0v) is 13.4. The first-order valence-electron chi connectivity index (χ1n) is 7.59. The SMILES string of the molecule is Cc1ccc(C(=O)Nc2cccc(NC(=O)c3ccco3)c2)c(O)c1. The van der Waals surface area contributed by atoms with Crippen LogP contribution in [0.4, 0.5) is 11.4 Å². The second-order valence-electron chi connectivity index (χ2n) is 5.49. The number of amides is 2. The summed E-state index contributed by atoms with van der Waals surface area (Å²) in [6, 6.07) is 14.7. The maximum atomic E-state index is 12.3. The van der Waals surface area contributed by atoms with E-state index in [1.54, 1.807) is 48.5 Å². The Labute approximate surface area is 144 Å². The van der Waals surface area contributed by atoms with Crippen molar-refractivity contribution in [2.75, 3.05) is 10.6 Å². The zero-order chi connectivity index (χ0) is 17.8. The summed E-state index contributed by atoms with van der Waals surface area (Å²) in [6.45, 7) is 1.83. The van der Waals surface area contributed by atoms with Crippen LogP contribution in [0.3, 0.4) is 0 Å². The van der Waals surface area contributed by atoms with E-state index in [-0.39, 0.29) is 23.0 Å². The van der Waals surface area contributed by atoms with Crippen molar-refractivity contribution in [3.63, 3.8) is 0 Å². The van der Waals surface area contributed by atoms with Crippen LogP contribution in [-0.2, 0) is 0 Å². The third-order valence-electron chi connectivity index (χ3n) is 3.52. The van der Waals surface area contributed by atoms with E-state index in [0.717, 1.165) is 5.56 Å². The Morgan fingerprint density at radius 1 is 0.920 bits per heavy atom. The van der Waals surface area contributed by atoms with Gasteiger partial charge < -0.3 is 20.2 Å². The number of aryl methyl sites for hydroxylation is 1. The Hall–Kier alpha value is -3.54. The highest BCUT2D eigenvalue weighted by molar-refractivity contribution is 6.07. The summed E-state index contributed by atoms with van der Waals surface area (Å²) in [5.41, 5.74) is 2.03. The van der Waals surface area contributed by atoms with E-state index < -0.39 is 5.91 Å². The molecule has 0 aliphatic carbocycles. The van der Waals surface area contributed by atoms with Crippen molar-refractivity contribution in [1.29, 1.82) is 0 Å². The third kappa shape index (κ3) is 3.87. The predicted octanol–water partition coefficient (Wildman–Crippen LogP) is 3.80. The first-order valence-corrected chi connectivity index (χ1v) is 7.59. The van der Waals surface area contributed by atoms with Crippen molar-refractivity contribution >= 4 is 23.2 Å². The average molecular weight is 336 g/mol. The van der Waals surface area contributed by atoms with Gasteiger partial charge >= 0.3 is 0 Å². The molecule has 25 heavy (non-hydrogen) atoms. The van der Waals surface area contributed by atoms with Crippen LogP contribution < -0.4 is 10.6 Å². The van der Waals surface area contributed by atoms with E-state index in [9.17, 15) is 14.7 Å². The molecule has 0 spiro atoms. The molecule has 6 heteroatoms. The van der Waals surface area contributed by atoms with E-state index in [2.05, 4.69) is 10.6 Å². The molecular weight excluding hydrogens is 320 g/mol. The molecule has 0 saturated heterocycles. The number of carbonyl (C=O) groups is 2. The maximum Gasteiger partial charge on any atom is 0.291 e. The van der Waals surface area contributed by atoms with Crippen LogP contribution in [-0.4, -0.2) is 16.9 Å². The highest BCUT2D eigenvalue weighted by atomic mass is 16.3. The lowest BCUT2D eigenvalue weighted by Gasteiger charge is -2.09. The minimum absolute atomic E-state index is 0.0835. The van der Waals surface area contributed by atoms with Crippen LogP contribution >= 0.6 is 0 Å². The topological polar surface area (TPSA) is 91.6 Å². The molecule has 3 rings (SSSR count). The Balaban J connectivity index is 1.73. The highest BCUT2D eigenvalue weighted by Crippen LogP contribution is 2.21. The highest BCUT2D eigenvalue weighted by Gasteiger charge is 2.12. The second kappa shape index (κ2) is 6.92. The molecule has 126 valence electrons. The summed E-state index contributed by atoms with van der Waals surface area (Å²) in [5, 5.41) is 15.3. The standard InChI is InChI=1S/C19H16N2O4/c1-12-7-8-15(16(22)10-12)18(23)20-13-4-2-5-14(11-13)21-19(24)17-6-3-9-25-17/h2-11,22H,1H3,(H,20,23)(H,21,24). The predicted molar refractivity (Wildman–Crippen MR) is 93.9 cm³/mol. The normalized spacial score (nSPS) is 10.3. The Kier molecular flexibility index (Phi) is 4.52. The molecule has 3 N–H and O–H groups in total. The summed E-state index contributed by atoms with van der Waals surface area (Å²) in [6.07, 6.45) is 1.42. The number of furan rings is 1. The van der Waals surface area contributed by atoms with Gasteiger partial charge in [0.15, 0.2) is 5.76 Å². The van der Waals surface area contributed by atoms with E-state index in [1.807, 2.05) is 6.92 Å². The van der Waals surface area contributed by atoms with Gasteiger partial charge in [-0.1, -0.05) is 12.1 Å². The lowest BCUT2D eigenvalue weighted by atomic mass is 10.1. The molecule has 1 heterocycles. The van der Waals surface area contributed by atoms with Gasteiger partial charge in [0.1, 0.15) is 5.75 Å². The van der Waals surface area contributed by atoms with E-state index in [1.165, 1.54) is 12.3 Å². The van der Waals surface area contributed by atoms with Crippen molar-refractivity contribution in [2.24, 2.45) is 0 Å². The molecule has 0 bridgehead atoms. The molecule has 0 saturated carbocycles. The van der Waals surface area contributed by atoms with E-state index in [4.69, 9.17) is 4.42 Å². The van der Waals surface area contributed by atoms with Crippen molar-refractivity contribution in [1.82, 2.24) is 0 Å². The lowest BCUT2D eigenvalue weighted by molar-refractivity contribution is 0.0994. The number of rotatable bonds is 4. The minimum Gasteiger partial charge on any atom is -0.507 e. The number of hydrogen-bond donors (Lipinski definition) is 3. The monoisotopic (exact) mass is 336 g/mol. The first kappa shape index (κ1) is 16.3. The van der Waals surface area contributed by atoms with Gasteiger partial charge in [0.25, 0.3) is 11.8 Å². The fourth-order valence-electron chi connectivity index (χ4n) is 2.31. The van der Waals surface area contributed by atoms with Gasteiger partial charge in [0, 0.05) is 11.4 Å². The molecule has 6 nitrogen and oxygen atoms in total. The molecule has 3 aromatic rings. The van der Waals surface area contributed by atoms with Crippen molar-refractivity contribution in [3.05, 3.63) is 77.7 Å². The quantitative estimate of drug-likeness (QED) is 0.676. The number of hydrogen-bond acceptors (Lipinski definition) is 4. The summed E-state index contributed by atoms with van der Waals surface area (Å²) in [5.74, 6) is -0.713. The van der Waals surface area contributed by atoms with Crippen molar-refractivity contribution < 1.29 is 19.1 Å². The molecular formula is C19H16N2O4. The van der Waals surface area contributed by atoms with Gasteiger partial charge in [0.05, 0.1) is 11.8 Å². The fourth-order valence-corrected chi connectivity index (χ4v) is 2.31. The van der Waals surface area contributed by atoms with Gasteiger partial charge in [-0.3, -0.25) is 9.59 Å². The lowest BCUT2D eigenvalue weighted by Crippen LogP contribution is -2.13. The fraction of sp³-hybridized carbons (Fsp3) is 0.0526. The number of anilines is 2. The molecule has 2 aromatic carbocycles. The minimum atomic E-state index is -0.438. The molecule has 0 radical (unpaired) electrons. The van der Waals surface area contributed by atoms with Gasteiger partial charge in [-0.05, 0) is 55.0 Å². The maximum absolute atomic E-state index is 12.3. The zero-order valence-electron chi connectivity index (χ0n) is 13.4. The van der Waals surface area contributed by atoms with Gasteiger partial charge in [-0.2, -0.15) is 0 Å². The van der Waals surface area contributed by atoms with Crippen LogP contribution in [0.1, 0.15) is 26.5 Å². The molecule has 0 aliphatic heterocycles. The number of phenols is 1. The smallest absolute Gasteiger partial charge is 0.291 e. The number of carbonyl (C=O) groups excluding carboxylic acids is 2. The van der Waals surface area contributed by atoms with Gasteiger partial charge in [-0.25, -0.2) is 0 Å². The van der Waals surface area contributed by atoms with Crippen LogP contribution in [0.2, 0.25) is 0 Å². The first-order chi connectivity index (χ1) is 12.0. The molecule has 0 unspecified atom stereocenters. The summed E-state index contributed by atoms with van der Waals surface area (Å²) in [7, 11) is 0. The number of aromatic hydroxyl groups is 1. The van der Waals surface area contributed by atoms with Gasteiger partial charge in [0.2, 0.25) is 0 Å². The van der Waals surface area contributed by atoms with Crippen molar-refractivity contribution in [2.45, 2.75) is 6.92 Å². The van der Waals surface area contributed by atoms with Crippen LogP contribution in [0.25, 0.3) is 0 Å². The Morgan fingerprint density at radius 3 is 2.28 bits per heavy atom. The molecule has 2 amide bonds. The average Bonchev–Trinajstić information content (AvgIpc) is 3.09.